The first kappa shape index (κ1) is 12.4. The molecule has 0 spiro atoms. The minimum atomic E-state index is -0.451. The van der Waals surface area contributed by atoms with Crippen molar-refractivity contribution in [1.29, 1.82) is 0 Å². The van der Waals surface area contributed by atoms with Crippen LogP contribution in [0.3, 0.4) is 0 Å². The Balaban J connectivity index is 2.23. The van der Waals surface area contributed by atoms with Crippen LogP contribution in [0.5, 0.6) is 0 Å². The molecule has 0 bridgehead atoms. The van der Waals surface area contributed by atoms with Crippen molar-refractivity contribution < 1.29 is 4.79 Å². The molecule has 1 aromatic rings. The zero-order valence-electron chi connectivity index (χ0n) is 10.0. The molecule has 5 N–H and O–H groups in total. The van der Waals surface area contributed by atoms with Crippen LogP contribution in [-0.2, 0) is 4.79 Å². The lowest BCUT2D eigenvalue weighted by Crippen LogP contribution is -2.26. The number of hydrogen-bond acceptors (Lipinski definition) is 5. The molecule has 0 aliphatic heterocycles. The van der Waals surface area contributed by atoms with E-state index in [1.54, 1.807) is 0 Å². The summed E-state index contributed by atoms with van der Waals surface area (Å²) in [4.78, 5) is 28.5. The summed E-state index contributed by atoms with van der Waals surface area (Å²) in [5.41, 5.74) is 5.17. The van der Waals surface area contributed by atoms with E-state index in [2.05, 4.69) is 20.6 Å². The highest BCUT2D eigenvalue weighted by atomic mass is 16.1. The third-order valence-electron chi connectivity index (χ3n) is 3.09. The van der Waals surface area contributed by atoms with Gasteiger partial charge in [0, 0.05) is 6.04 Å². The summed E-state index contributed by atoms with van der Waals surface area (Å²) in [6.07, 6.45) is 6.08. The van der Waals surface area contributed by atoms with Gasteiger partial charge in [-0.3, -0.25) is 14.6 Å². The van der Waals surface area contributed by atoms with E-state index in [0.717, 1.165) is 25.7 Å². The third kappa shape index (κ3) is 2.79. The van der Waals surface area contributed by atoms with E-state index in [4.69, 9.17) is 5.73 Å². The fourth-order valence-corrected chi connectivity index (χ4v) is 2.23. The number of nitrogens with two attached hydrogens (primary N) is 1. The van der Waals surface area contributed by atoms with Gasteiger partial charge in [-0.1, -0.05) is 19.3 Å². The van der Waals surface area contributed by atoms with Crippen LogP contribution in [0.25, 0.3) is 0 Å². The maximum absolute atomic E-state index is 11.7. The van der Waals surface area contributed by atoms with Gasteiger partial charge in [-0.15, -0.1) is 0 Å². The average molecular weight is 251 g/mol. The number of hydrogen-bond donors (Lipinski definition) is 4. The van der Waals surface area contributed by atoms with Crippen molar-refractivity contribution in [2.24, 2.45) is 0 Å². The predicted octanol–water partition coefficient (Wildman–Crippen LogP) is 0.665. The monoisotopic (exact) mass is 251 g/mol. The lowest BCUT2D eigenvalue weighted by Gasteiger charge is -2.24. The molecule has 1 heterocycles. The lowest BCUT2D eigenvalue weighted by molar-refractivity contribution is -0.105. The van der Waals surface area contributed by atoms with Crippen LogP contribution in [0, 0.1) is 0 Å². The molecular weight excluding hydrogens is 234 g/mol. The maximum Gasteiger partial charge on any atom is 0.278 e. The van der Waals surface area contributed by atoms with Gasteiger partial charge in [-0.05, 0) is 12.8 Å². The number of amides is 1. The molecule has 1 saturated carbocycles. The largest absolute Gasteiger partial charge is 0.369 e. The fourth-order valence-electron chi connectivity index (χ4n) is 2.23. The van der Waals surface area contributed by atoms with Crippen molar-refractivity contribution in [1.82, 2.24) is 9.97 Å². The molecule has 1 aliphatic rings. The molecule has 0 unspecified atom stereocenters. The molecule has 1 amide bonds. The number of nitrogens with zero attached hydrogens (tertiary/aromatic N) is 1. The number of H-pyrrole nitrogens is 1. The minimum absolute atomic E-state index is 0.0368. The Bertz CT molecular complexity index is 479. The first-order valence-electron chi connectivity index (χ1n) is 6.07. The van der Waals surface area contributed by atoms with Gasteiger partial charge in [0.2, 0.25) is 12.4 Å². The number of carbonyl (C=O) groups excluding carboxylic acids is 1. The normalized spacial score (nSPS) is 16.2. The molecule has 0 atom stereocenters. The molecule has 0 aromatic carbocycles. The lowest BCUT2D eigenvalue weighted by atomic mass is 9.95. The van der Waals surface area contributed by atoms with Crippen LogP contribution < -0.4 is 21.9 Å². The second-order valence-corrected chi connectivity index (χ2v) is 4.42. The van der Waals surface area contributed by atoms with Gasteiger partial charge in [0.15, 0.2) is 5.82 Å². The zero-order chi connectivity index (χ0) is 13.0. The van der Waals surface area contributed by atoms with Crippen molar-refractivity contribution in [3.05, 3.63) is 10.4 Å². The molecule has 7 heteroatoms. The van der Waals surface area contributed by atoms with Crippen molar-refractivity contribution in [3.8, 4) is 0 Å². The maximum atomic E-state index is 11.7. The van der Waals surface area contributed by atoms with E-state index in [0.29, 0.717) is 12.2 Å². The highest BCUT2D eigenvalue weighted by Gasteiger charge is 2.17. The van der Waals surface area contributed by atoms with Gasteiger partial charge in [0.25, 0.3) is 5.56 Å². The predicted molar refractivity (Wildman–Crippen MR) is 69.5 cm³/mol. The summed E-state index contributed by atoms with van der Waals surface area (Å²) < 4.78 is 0. The molecule has 18 heavy (non-hydrogen) atoms. The van der Waals surface area contributed by atoms with Crippen LogP contribution in [0.2, 0.25) is 0 Å². The van der Waals surface area contributed by atoms with E-state index in [-0.39, 0.29) is 17.7 Å². The highest BCUT2D eigenvalue weighted by Crippen LogP contribution is 2.23. The van der Waals surface area contributed by atoms with Crippen molar-refractivity contribution in [3.63, 3.8) is 0 Å². The quantitative estimate of drug-likeness (QED) is 0.587. The fraction of sp³-hybridized carbons (Fsp3) is 0.545. The van der Waals surface area contributed by atoms with Gasteiger partial charge < -0.3 is 16.4 Å². The van der Waals surface area contributed by atoms with Crippen LogP contribution in [-0.4, -0.2) is 22.4 Å². The van der Waals surface area contributed by atoms with E-state index >= 15 is 0 Å². The van der Waals surface area contributed by atoms with Crippen LogP contribution in [0.4, 0.5) is 17.5 Å². The van der Waals surface area contributed by atoms with E-state index < -0.39 is 5.56 Å². The van der Waals surface area contributed by atoms with Gasteiger partial charge in [0.05, 0.1) is 0 Å². The molecule has 0 saturated heterocycles. The average Bonchev–Trinajstić information content (AvgIpc) is 2.35. The second-order valence-electron chi connectivity index (χ2n) is 4.42. The number of anilines is 3. The SMILES string of the molecule is Nc1nc(NC2CCCCC2)c(NC=O)c(=O)[nH]1. The smallest absolute Gasteiger partial charge is 0.278 e. The van der Waals surface area contributed by atoms with E-state index in [1.807, 2.05) is 0 Å². The van der Waals surface area contributed by atoms with E-state index in [9.17, 15) is 9.59 Å². The Hall–Kier alpha value is -2.05. The highest BCUT2D eigenvalue weighted by molar-refractivity contribution is 5.78. The molecule has 1 aliphatic carbocycles. The molecule has 1 fully saturated rings. The number of nitrogen functional groups attached to an aromatic ring is 1. The van der Waals surface area contributed by atoms with Gasteiger partial charge >= 0.3 is 0 Å². The van der Waals surface area contributed by atoms with Gasteiger partial charge in [-0.25, -0.2) is 0 Å². The Kier molecular flexibility index (Phi) is 3.81. The standard InChI is InChI=1S/C11H17N5O2/c12-11-15-9(8(13-6-17)10(18)16-11)14-7-4-2-1-3-5-7/h6-7H,1-5H2,(H,13,17)(H4,12,14,15,16,18). The molecule has 2 rings (SSSR count). The first-order valence-corrected chi connectivity index (χ1v) is 6.07. The second kappa shape index (κ2) is 5.52. The third-order valence-corrected chi connectivity index (χ3v) is 3.09. The number of aromatic amines is 1. The van der Waals surface area contributed by atoms with Gasteiger partial charge in [0.1, 0.15) is 5.69 Å². The van der Waals surface area contributed by atoms with Crippen LogP contribution in [0.1, 0.15) is 32.1 Å². The van der Waals surface area contributed by atoms with E-state index in [1.165, 1.54) is 6.42 Å². The van der Waals surface area contributed by atoms with Crippen molar-refractivity contribution in [2.75, 3.05) is 16.4 Å². The summed E-state index contributed by atoms with van der Waals surface area (Å²) >= 11 is 0. The van der Waals surface area contributed by atoms with Crippen molar-refractivity contribution >= 4 is 23.9 Å². The summed E-state index contributed by atoms with van der Waals surface area (Å²) in [5.74, 6) is 0.380. The number of rotatable bonds is 4. The number of nitrogens with one attached hydrogen (secondary N) is 3. The Morgan fingerprint density at radius 2 is 2.06 bits per heavy atom. The zero-order valence-corrected chi connectivity index (χ0v) is 10.0. The Morgan fingerprint density at radius 3 is 2.72 bits per heavy atom. The summed E-state index contributed by atoms with van der Waals surface area (Å²) in [5, 5.41) is 5.54. The molecule has 98 valence electrons. The summed E-state index contributed by atoms with van der Waals surface area (Å²) in [6.45, 7) is 0. The first-order chi connectivity index (χ1) is 8.70. The minimum Gasteiger partial charge on any atom is -0.369 e. The van der Waals surface area contributed by atoms with Gasteiger partial charge in [-0.2, -0.15) is 4.98 Å². The molecular formula is C11H17N5O2. The Labute approximate surface area is 104 Å². The van der Waals surface area contributed by atoms with Crippen LogP contribution >= 0.6 is 0 Å². The molecule has 1 aromatic heterocycles. The number of carbonyl (C=O) groups is 1. The van der Waals surface area contributed by atoms with Crippen molar-refractivity contribution in [2.45, 2.75) is 38.1 Å². The topological polar surface area (TPSA) is 113 Å². The summed E-state index contributed by atoms with van der Waals surface area (Å²) in [6, 6.07) is 0.277. The summed E-state index contributed by atoms with van der Waals surface area (Å²) in [7, 11) is 0. The Morgan fingerprint density at radius 1 is 1.33 bits per heavy atom. The molecule has 7 nitrogen and oxygen atoms in total. The van der Waals surface area contributed by atoms with Crippen LogP contribution in [0.15, 0.2) is 4.79 Å². The molecule has 0 radical (unpaired) electrons. The number of aromatic nitrogens is 2.